The molecule has 1 aromatic carbocycles. The van der Waals surface area contributed by atoms with Gasteiger partial charge in [-0.25, -0.2) is 0 Å². The van der Waals surface area contributed by atoms with Crippen molar-refractivity contribution in [2.45, 2.75) is 51.1 Å². The number of amides is 1. The summed E-state index contributed by atoms with van der Waals surface area (Å²) in [4.78, 5) is 17.1. The molecule has 0 bridgehead atoms. The van der Waals surface area contributed by atoms with Crippen molar-refractivity contribution in [2.24, 2.45) is 0 Å². The molecule has 3 atom stereocenters. The molecule has 3 saturated heterocycles. The van der Waals surface area contributed by atoms with Gasteiger partial charge in [-0.1, -0.05) is 35.5 Å². The van der Waals surface area contributed by atoms with Gasteiger partial charge in [0, 0.05) is 31.5 Å². The van der Waals surface area contributed by atoms with Gasteiger partial charge in [-0.2, -0.15) is 0 Å². The van der Waals surface area contributed by atoms with E-state index >= 15 is 0 Å². The molecule has 0 saturated carbocycles. The maximum Gasteiger partial charge on any atom is 0.226 e. The summed E-state index contributed by atoms with van der Waals surface area (Å²) in [5, 5.41) is 4.06. The monoisotopic (exact) mass is 353 g/mol. The normalized spacial score (nSPS) is 30.8. The molecule has 5 rings (SSSR count). The number of hydrogen-bond donors (Lipinski definition) is 0. The highest BCUT2D eigenvalue weighted by molar-refractivity contribution is 5.81. The van der Waals surface area contributed by atoms with Crippen molar-refractivity contribution in [3.05, 3.63) is 52.9 Å². The quantitative estimate of drug-likeness (QED) is 0.849. The zero-order valence-corrected chi connectivity index (χ0v) is 15.1. The summed E-state index contributed by atoms with van der Waals surface area (Å²) in [5.74, 6) is 1.07. The standard InChI is InChI=1S/C20H23N3O3/c1-13-16(14(2)26-21-13)11-22-9-8-20-18(22)10-19(24)23(20)12-17(25-20)15-6-4-3-5-7-15/h3-7,17-18H,8-12H2,1-2H3/t17-,18-,20+/m1/s1. The molecular formula is C20H23N3O3. The highest BCUT2D eigenvalue weighted by Crippen LogP contribution is 2.50. The summed E-state index contributed by atoms with van der Waals surface area (Å²) in [6.07, 6.45) is 1.35. The van der Waals surface area contributed by atoms with Crippen molar-refractivity contribution in [2.75, 3.05) is 13.1 Å². The van der Waals surface area contributed by atoms with Crippen molar-refractivity contribution in [1.29, 1.82) is 0 Å². The third-order valence-corrected chi connectivity index (χ3v) is 6.25. The van der Waals surface area contributed by atoms with Crippen molar-refractivity contribution < 1.29 is 14.1 Å². The first-order valence-electron chi connectivity index (χ1n) is 9.27. The lowest BCUT2D eigenvalue weighted by Gasteiger charge is -2.32. The molecule has 3 fully saturated rings. The van der Waals surface area contributed by atoms with Gasteiger partial charge in [0.15, 0.2) is 5.72 Å². The Kier molecular flexibility index (Phi) is 3.49. The van der Waals surface area contributed by atoms with Gasteiger partial charge in [0.05, 0.1) is 18.3 Å². The molecule has 6 nitrogen and oxygen atoms in total. The summed E-state index contributed by atoms with van der Waals surface area (Å²) >= 11 is 0. The Morgan fingerprint density at radius 2 is 2.08 bits per heavy atom. The van der Waals surface area contributed by atoms with Crippen LogP contribution in [0.2, 0.25) is 0 Å². The first-order chi connectivity index (χ1) is 12.6. The predicted octanol–water partition coefficient (Wildman–Crippen LogP) is 2.57. The zero-order chi connectivity index (χ0) is 17.9. The van der Waals surface area contributed by atoms with E-state index in [-0.39, 0.29) is 18.1 Å². The molecule has 2 aromatic rings. The fourth-order valence-corrected chi connectivity index (χ4v) is 4.87. The maximum absolute atomic E-state index is 12.7. The Bertz CT molecular complexity index is 830. The molecule has 4 heterocycles. The number of likely N-dealkylation sites (tertiary alicyclic amines) is 1. The van der Waals surface area contributed by atoms with E-state index in [1.807, 2.05) is 36.9 Å². The summed E-state index contributed by atoms with van der Waals surface area (Å²) in [7, 11) is 0. The second kappa shape index (κ2) is 5.66. The van der Waals surface area contributed by atoms with E-state index in [0.717, 1.165) is 42.1 Å². The van der Waals surface area contributed by atoms with Crippen LogP contribution in [0.25, 0.3) is 0 Å². The molecule has 3 aliphatic heterocycles. The number of carbonyl (C=O) groups is 1. The number of ether oxygens (including phenoxy) is 1. The van der Waals surface area contributed by atoms with Crippen LogP contribution in [0, 0.1) is 13.8 Å². The molecule has 0 aliphatic carbocycles. The van der Waals surface area contributed by atoms with Crippen molar-refractivity contribution in [3.8, 4) is 0 Å². The molecule has 3 aliphatic rings. The van der Waals surface area contributed by atoms with Crippen molar-refractivity contribution in [3.63, 3.8) is 0 Å². The third kappa shape index (κ3) is 2.18. The Labute approximate surface area is 152 Å². The van der Waals surface area contributed by atoms with E-state index in [1.165, 1.54) is 0 Å². The molecule has 1 spiro atoms. The van der Waals surface area contributed by atoms with Gasteiger partial charge in [-0.3, -0.25) is 9.69 Å². The van der Waals surface area contributed by atoms with Gasteiger partial charge in [0.2, 0.25) is 5.91 Å². The average molecular weight is 353 g/mol. The predicted molar refractivity (Wildman–Crippen MR) is 94.1 cm³/mol. The summed E-state index contributed by atoms with van der Waals surface area (Å²) in [5.41, 5.74) is 2.73. The van der Waals surface area contributed by atoms with Gasteiger partial charge < -0.3 is 14.2 Å². The van der Waals surface area contributed by atoms with Crippen LogP contribution in [0.15, 0.2) is 34.9 Å². The molecule has 0 radical (unpaired) electrons. The Morgan fingerprint density at radius 3 is 2.81 bits per heavy atom. The number of nitrogens with zero attached hydrogens (tertiary/aromatic N) is 3. The number of aromatic nitrogens is 1. The molecule has 1 aromatic heterocycles. The van der Waals surface area contributed by atoms with Crippen LogP contribution in [0.1, 0.15) is 41.5 Å². The van der Waals surface area contributed by atoms with Crippen LogP contribution >= 0.6 is 0 Å². The van der Waals surface area contributed by atoms with Gasteiger partial charge >= 0.3 is 0 Å². The van der Waals surface area contributed by atoms with Crippen LogP contribution < -0.4 is 0 Å². The molecule has 0 N–H and O–H groups in total. The SMILES string of the molecule is Cc1noc(C)c1CN1CC[C@@]23O[C@@H](c4ccccc4)CN2C(=O)C[C@@H]13. The largest absolute Gasteiger partial charge is 0.361 e. The Morgan fingerprint density at radius 1 is 1.27 bits per heavy atom. The summed E-state index contributed by atoms with van der Waals surface area (Å²) < 4.78 is 11.9. The zero-order valence-electron chi connectivity index (χ0n) is 15.1. The minimum Gasteiger partial charge on any atom is -0.361 e. The molecule has 1 amide bonds. The first kappa shape index (κ1) is 16.0. The second-order valence-corrected chi connectivity index (χ2v) is 7.61. The maximum atomic E-state index is 12.7. The minimum atomic E-state index is -0.476. The average Bonchev–Trinajstić information content (AvgIpc) is 3.34. The highest BCUT2D eigenvalue weighted by Gasteiger charge is 2.63. The van der Waals surface area contributed by atoms with Crippen molar-refractivity contribution in [1.82, 2.24) is 15.0 Å². The molecule has 136 valence electrons. The molecule has 0 unspecified atom stereocenters. The van der Waals surface area contributed by atoms with E-state index in [4.69, 9.17) is 9.26 Å². The lowest BCUT2D eigenvalue weighted by molar-refractivity contribution is -0.138. The van der Waals surface area contributed by atoms with E-state index in [9.17, 15) is 4.79 Å². The Hall–Kier alpha value is -2.18. The topological polar surface area (TPSA) is 58.8 Å². The molecule has 6 heteroatoms. The van der Waals surface area contributed by atoms with Crippen molar-refractivity contribution >= 4 is 5.91 Å². The third-order valence-electron chi connectivity index (χ3n) is 6.25. The van der Waals surface area contributed by atoms with Crippen LogP contribution in [0.3, 0.4) is 0 Å². The van der Waals surface area contributed by atoms with E-state index in [0.29, 0.717) is 13.0 Å². The Balaban J connectivity index is 1.42. The van der Waals surface area contributed by atoms with Crippen LogP contribution in [-0.2, 0) is 16.1 Å². The van der Waals surface area contributed by atoms with Crippen LogP contribution in [0.4, 0.5) is 0 Å². The summed E-state index contributed by atoms with van der Waals surface area (Å²) in [6.45, 7) is 6.25. The van der Waals surface area contributed by atoms with Crippen LogP contribution in [-0.4, -0.2) is 45.7 Å². The van der Waals surface area contributed by atoms with E-state index < -0.39 is 5.72 Å². The number of carbonyl (C=O) groups excluding carboxylic acids is 1. The van der Waals surface area contributed by atoms with Crippen LogP contribution in [0.5, 0.6) is 0 Å². The second-order valence-electron chi connectivity index (χ2n) is 7.61. The van der Waals surface area contributed by atoms with E-state index in [2.05, 4.69) is 22.2 Å². The number of aryl methyl sites for hydroxylation is 2. The number of hydrogen-bond acceptors (Lipinski definition) is 5. The van der Waals surface area contributed by atoms with E-state index in [1.54, 1.807) is 0 Å². The smallest absolute Gasteiger partial charge is 0.226 e. The summed E-state index contributed by atoms with van der Waals surface area (Å²) in [6, 6.07) is 10.3. The van der Waals surface area contributed by atoms with Gasteiger partial charge in [-0.05, 0) is 19.4 Å². The lowest BCUT2D eigenvalue weighted by Crippen LogP contribution is -2.47. The van der Waals surface area contributed by atoms with Gasteiger partial charge in [-0.15, -0.1) is 0 Å². The molecule has 26 heavy (non-hydrogen) atoms. The lowest BCUT2D eigenvalue weighted by atomic mass is 10.1. The number of benzene rings is 1. The molecular weight excluding hydrogens is 330 g/mol. The number of rotatable bonds is 3. The first-order valence-corrected chi connectivity index (χ1v) is 9.27. The fourth-order valence-electron chi connectivity index (χ4n) is 4.87. The highest BCUT2D eigenvalue weighted by atomic mass is 16.5. The fraction of sp³-hybridized carbons (Fsp3) is 0.500. The van der Waals surface area contributed by atoms with Gasteiger partial charge in [0.25, 0.3) is 0 Å². The van der Waals surface area contributed by atoms with Gasteiger partial charge in [0.1, 0.15) is 11.9 Å². The minimum absolute atomic E-state index is 0.0398.